The monoisotopic (exact) mass is 438 g/mol. The molecule has 10 nitrogen and oxygen atoms in total. The van der Waals surface area contributed by atoms with Gasteiger partial charge in [0.05, 0.1) is 11.4 Å². The molecule has 0 bridgehead atoms. The van der Waals surface area contributed by atoms with Crippen LogP contribution in [0.3, 0.4) is 0 Å². The summed E-state index contributed by atoms with van der Waals surface area (Å²) in [6.45, 7) is 6.96. The molecule has 0 fully saturated rings. The molecule has 2 aromatic heterocycles. The van der Waals surface area contributed by atoms with E-state index in [4.69, 9.17) is 15.0 Å². The van der Waals surface area contributed by atoms with Crippen LogP contribution in [0.15, 0.2) is 14.1 Å². The highest BCUT2D eigenvalue weighted by Crippen LogP contribution is 2.19. The topological polar surface area (TPSA) is 139 Å². The first-order chi connectivity index (χ1) is 14.0. The van der Waals surface area contributed by atoms with Crippen molar-refractivity contribution in [1.82, 2.24) is 14.3 Å². The summed E-state index contributed by atoms with van der Waals surface area (Å²) >= 11 is 1.29. The molecule has 0 saturated carbocycles. The normalized spacial score (nSPS) is 11.1. The molecule has 0 radical (unpaired) electrons. The van der Waals surface area contributed by atoms with E-state index in [-0.39, 0.29) is 29.6 Å². The van der Waals surface area contributed by atoms with Crippen LogP contribution < -0.4 is 17.0 Å². The lowest BCUT2D eigenvalue weighted by Gasteiger charge is -2.16. The van der Waals surface area contributed by atoms with Gasteiger partial charge in [0.15, 0.2) is 6.61 Å². The molecule has 0 spiro atoms. The zero-order chi connectivity index (χ0) is 22.6. The fraction of sp³-hybridized carbons (Fsp3) is 0.526. The number of hydrogen-bond acceptors (Lipinski definition) is 9. The van der Waals surface area contributed by atoms with E-state index in [0.717, 1.165) is 15.8 Å². The predicted octanol–water partition coefficient (Wildman–Crippen LogP) is 1.05. The van der Waals surface area contributed by atoms with E-state index >= 15 is 0 Å². The van der Waals surface area contributed by atoms with Crippen molar-refractivity contribution in [3.63, 3.8) is 0 Å². The number of thioether (sulfide) groups is 1. The van der Waals surface area contributed by atoms with E-state index in [0.29, 0.717) is 11.5 Å². The third kappa shape index (κ3) is 5.21. The number of esters is 1. The average molecular weight is 439 g/mol. The molecule has 2 heterocycles. The predicted molar refractivity (Wildman–Crippen MR) is 113 cm³/mol. The van der Waals surface area contributed by atoms with Crippen molar-refractivity contribution >= 4 is 29.3 Å². The van der Waals surface area contributed by atoms with E-state index in [2.05, 4.69) is 5.16 Å². The number of carbonyl (C=O) groups excluding carboxylic acids is 2. The number of anilines is 1. The molecule has 30 heavy (non-hydrogen) atoms. The number of ether oxygens (including phenoxy) is 1. The Bertz CT molecular complexity index is 1050. The van der Waals surface area contributed by atoms with Crippen LogP contribution in [0.1, 0.15) is 41.2 Å². The molecular formula is C19H26N4O6S. The molecule has 2 aromatic rings. The SMILES string of the molecule is Cc1noc(C)c1CSCC(=O)OCC(=O)c1c(N)n(CC(C)C)c(=O)n(C)c1=O. The zero-order valence-electron chi connectivity index (χ0n) is 17.7. The maximum Gasteiger partial charge on any atom is 0.332 e. The minimum absolute atomic E-state index is 0.0116. The second kappa shape index (κ2) is 9.79. The maximum atomic E-state index is 12.5. The Morgan fingerprint density at radius 3 is 2.50 bits per heavy atom. The zero-order valence-corrected chi connectivity index (χ0v) is 18.5. The van der Waals surface area contributed by atoms with Gasteiger partial charge in [0.2, 0.25) is 5.78 Å². The third-order valence-corrected chi connectivity index (χ3v) is 5.35. The highest BCUT2D eigenvalue weighted by Gasteiger charge is 2.23. The van der Waals surface area contributed by atoms with Gasteiger partial charge in [0.25, 0.3) is 5.56 Å². The lowest BCUT2D eigenvalue weighted by molar-refractivity contribution is -0.139. The molecule has 0 aromatic carbocycles. The quantitative estimate of drug-likeness (QED) is 0.449. The minimum Gasteiger partial charge on any atom is -0.457 e. The van der Waals surface area contributed by atoms with Gasteiger partial charge < -0.3 is 15.0 Å². The Hall–Kier alpha value is -2.82. The summed E-state index contributed by atoms with van der Waals surface area (Å²) in [4.78, 5) is 49.2. The molecule has 11 heteroatoms. The fourth-order valence-corrected chi connectivity index (χ4v) is 3.76. The molecule has 0 atom stereocenters. The molecule has 2 rings (SSSR count). The number of carbonyl (C=O) groups is 2. The molecular weight excluding hydrogens is 412 g/mol. The molecule has 2 N–H and O–H groups in total. The average Bonchev–Trinajstić information content (AvgIpc) is 3.00. The van der Waals surface area contributed by atoms with Gasteiger partial charge in [0.1, 0.15) is 17.1 Å². The van der Waals surface area contributed by atoms with Gasteiger partial charge >= 0.3 is 11.7 Å². The van der Waals surface area contributed by atoms with Crippen LogP contribution >= 0.6 is 11.8 Å². The summed E-state index contributed by atoms with van der Waals surface area (Å²) < 4.78 is 12.1. The van der Waals surface area contributed by atoms with Crippen molar-refractivity contribution in [2.75, 3.05) is 18.1 Å². The molecule has 0 saturated heterocycles. The number of nitrogens with two attached hydrogens (primary N) is 1. The van der Waals surface area contributed by atoms with Crippen molar-refractivity contribution in [3.05, 3.63) is 43.4 Å². The third-order valence-electron chi connectivity index (χ3n) is 4.42. The van der Waals surface area contributed by atoms with E-state index in [1.807, 2.05) is 20.8 Å². The van der Waals surface area contributed by atoms with E-state index in [1.165, 1.54) is 23.4 Å². The highest BCUT2D eigenvalue weighted by atomic mass is 32.2. The largest absolute Gasteiger partial charge is 0.457 e. The van der Waals surface area contributed by atoms with Gasteiger partial charge in [-0.05, 0) is 19.8 Å². The van der Waals surface area contributed by atoms with Gasteiger partial charge in [-0.25, -0.2) is 4.79 Å². The van der Waals surface area contributed by atoms with Crippen LogP contribution in [-0.2, 0) is 28.9 Å². The van der Waals surface area contributed by atoms with Gasteiger partial charge in [-0.3, -0.25) is 23.5 Å². The Balaban J connectivity index is 2.04. The number of ketones is 1. The Labute approximate surface area is 177 Å². The Morgan fingerprint density at radius 2 is 1.93 bits per heavy atom. The second-order valence-electron chi connectivity index (χ2n) is 7.29. The molecule has 0 amide bonds. The molecule has 0 unspecified atom stereocenters. The minimum atomic E-state index is -0.814. The van der Waals surface area contributed by atoms with Gasteiger partial charge in [-0.1, -0.05) is 19.0 Å². The van der Waals surface area contributed by atoms with E-state index < -0.39 is 29.6 Å². The van der Waals surface area contributed by atoms with Crippen LogP contribution in [0.5, 0.6) is 0 Å². The van der Waals surface area contributed by atoms with Gasteiger partial charge in [0, 0.05) is 24.9 Å². The number of Topliss-reactive ketones (excluding diaryl/α,β-unsaturated/α-hetero) is 1. The number of nitrogens with zero attached hydrogens (tertiary/aromatic N) is 3. The van der Waals surface area contributed by atoms with Crippen molar-refractivity contribution < 1.29 is 18.8 Å². The van der Waals surface area contributed by atoms with Gasteiger partial charge in [-0.15, -0.1) is 11.8 Å². The van der Waals surface area contributed by atoms with Crippen LogP contribution in [0.4, 0.5) is 5.82 Å². The summed E-state index contributed by atoms with van der Waals surface area (Å²) in [6, 6.07) is 0. The first-order valence-electron chi connectivity index (χ1n) is 9.32. The Morgan fingerprint density at radius 1 is 1.27 bits per heavy atom. The van der Waals surface area contributed by atoms with Crippen LogP contribution in [0.2, 0.25) is 0 Å². The second-order valence-corrected chi connectivity index (χ2v) is 8.28. The first-order valence-corrected chi connectivity index (χ1v) is 10.5. The summed E-state index contributed by atoms with van der Waals surface area (Å²) in [5.41, 5.74) is 5.84. The van der Waals surface area contributed by atoms with E-state index in [9.17, 15) is 19.2 Å². The van der Waals surface area contributed by atoms with Crippen molar-refractivity contribution in [1.29, 1.82) is 0 Å². The van der Waals surface area contributed by atoms with Gasteiger partial charge in [-0.2, -0.15) is 0 Å². The summed E-state index contributed by atoms with van der Waals surface area (Å²) in [5.74, 6) is -0.300. The number of hydrogen-bond donors (Lipinski definition) is 1. The van der Waals surface area contributed by atoms with Crippen molar-refractivity contribution in [2.24, 2.45) is 13.0 Å². The maximum absolute atomic E-state index is 12.5. The molecule has 0 aliphatic heterocycles. The van der Waals surface area contributed by atoms with Crippen molar-refractivity contribution in [2.45, 2.75) is 40.0 Å². The van der Waals surface area contributed by atoms with E-state index in [1.54, 1.807) is 6.92 Å². The molecule has 164 valence electrons. The molecule has 0 aliphatic rings. The summed E-state index contributed by atoms with van der Waals surface area (Å²) in [7, 11) is 1.27. The number of aromatic nitrogens is 3. The fourth-order valence-electron chi connectivity index (χ4n) is 2.79. The number of rotatable bonds is 9. The lowest BCUT2D eigenvalue weighted by atomic mass is 10.1. The highest BCUT2D eigenvalue weighted by molar-refractivity contribution is 7.99. The van der Waals surface area contributed by atoms with Crippen LogP contribution in [0.25, 0.3) is 0 Å². The number of aryl methyl sites for hydroxylation is 2. The summed E-state index contributed by atoms with van der Waals surface area (Å²) in [6.07, 6.45) is 0. The van der Waals surface area contributed by atoms with Crippen LogP contribution in [-0.4, -0.2) is 38.4 Å². The summed E-state index contributed by atoms with van der Waals surface area (Å²) in [5, 5.41) is 3.84. The first kappa shape index (κ1) is 23.5. The Kier molecular flexibility index (Phi) is 7.65. The lowest BCUT2D eigenvalue weighted by Crippen LogP contribution is -2.43. The number of nitrogen functional groups attached to an aromatic ring is 1. The standard InChI is InChI=1S/C19H26N4O6S/c1-10(2)6-23-17(20)16(18(26)22(5)19(23)27)14(24)7-28-15(25)9-30-8-13-11(3)21-29-12(13)4/h10H,6-9,20H2,1-5H3. The van der Waals surface area contributed by atoms with Crippen LogP contribution in [0, 0.1) is 19.8 Å². The molecule has 0 aliphatic carbocycles. The van der Waals surface area contributed by atoms with Crippen molar-refractivity contribution in [3.8, 4) is 0 Å². The smallest absolute Gasteiger partial charge is 0.332 e.